The van der Waals surface area contributed by atoms with E-state index < -0.39 is 7.60 Å². The molecule has 0 aliphatic heterocycles. The molecule has 120 valence electrons. The van der Waals surface area contributed by atoms with Crippen LogP contribution in [0.4, 0.5) is 0 Å². The fraction of sp³-hybridized carbons (Fsp3) is 0.250. The molecule has 0 amide bonds. The van der Waals surface area contributed by atoms with Gasteiger partial charge in [0.15, 0.2) is 0 Å². The molecular weight excluding hydrogens is 313 g/mol. The molecule has 0 aliphatic carbocycles. The van der Waals surface area contributed by atoms with Gasteiger partial charge in [0, 0.05) is 5.56 Å². The summed E-state index contributed by atoms with van der Waals surface area (Å²) in [5.74, 6) is 0.664. The third-order valence-electron chi connectivity index (χ3n) is 2.94. The van der Waals surface area contributed by atoms with Gasteiger partial charge in [0.25, 0.3) is 0 Å². The van der Waals surface area contributed by atoms with Gasteiger partial charge in [-0.15, -0.1) is 0 Å². The molecule has 0 radical (unpaired) electrons. The van der Waals surface area contributed by atoms with Crippen molar-refractivity contribution in [2.24, 2.45) is 0 Å². The highest BCUT2D eigenvalue weighted by Crippen LogP contribution is 2.56. The second kappa shape index (κ2) is 7.89. The molecule has 6 nitrogen and oxygen atoms in total. The summed E-state index contributed by atoms with van der Waals surface area (Å²) in [4.78, 5) is 7.35. The molecule has 0 saturated heterocycles. The highest BCUT2D eigenvalue weighted by atomic mass is 31.2. The van der Waals surface area contributed by atoms with E-state index in [1.165, 1.54) is 6.08 Å². The van der Waals surface area contributed by atoms with E-state index in [9.17, 15) is 9.83 Å². The van der Waals surface area contributed by atoms with E-state index in [0.717, 1.165) is 5.56 Å². The van der Waals surface area contributed by atoms with Crippen molar-refractivity contribution in [2.75, 3.05) is 13.2 Å². The Kier molecular flexibility index (Phi) is 5.89. The predicted molar refractivity (Wildman–Crippen MR) is 88.5 cm³/mol. The van der Waals surface area contributed by atoms with E-state index in [2.05, 4.69) is 9.97 Å². The van der Waals surface area contributed by atoms with Crippen molar-refractivity contribution >= 4 is 13.7 Å². The number of rotatable bonds is 7. The van der Waals surface area contributed by atoms with E-state index >= 15 is 0 Å². The topological polar surface area (TPSA) is 88.0 Å². The second-order valence-corrected chi connectivity index (χ2v) is 6.52. The van der Waals surface area contributed by atoms with Gasteiger partial charge in [-0.05, 0) is 19.9 Å². The molecule has 0 fully saturated rings. The highest BCUT2D eigenvalue weighted by Gasteiger charge is 2.30. The number of benzene rings is 1. The number of hydrogen-bond donors (Lipinski definition) is 1. The number of allylic oxidation sites excluding steroid dienone is 1. The van der Waals surface area contributed by atoms with E-state index in [1.807, 2.05) is 36.4 Å². The maximum absolute atomic E-state index is 12.7. The minimum absolute atomic E-state index is 0.0514. The maximum atomic E-state index is 12.7. The van der Waals surface area contributed by atoms with Gasteiger partial charge in [-0.3, -0.25) is 4.57 Å². The van der Waals surface area contributed by atoms with E-state index in [1.54, 1.807) is 20.0 Å². The van der Waals surface area contributed by atoms with Crippen LogP contribution in [0.15, 0.2) is 41.8 Å². The largest absolute Gasteiger partial charge is 0.371 e. The smallest absolute Gasteiger partial charge is 0.338 e. The van der Waals surface area contributed by atoms with Crippen molar-refractivity contribution in [3.63, 3.8) is 0 Å². The van der Waals surface area contributed by atoms with Crippen molar-refractivity contribution in [3.8, 4) is 17.5 Å². The minimum atomic E-state index is -3.61. The SMILES string of the molecule is CCOP(=O)(OCC)C(C#N)=Cc1cnc(-c2ccccc2)[nH]1. The number of nitriles is 1. The molecule has 0 unspecified atom stereocenters. The van der Waals surface area contributed by atoms with Crippen molar-refractivity contribution in [1.82, 2.24) is 9.97 Å². The number of imidazole rings is 1. The molecule has 2 rings (SSSR count). The Hall–Kier alpha value is -2.19. The fourth-order valence-electron chi connectivity index (χ4n) is 1.99. The Morgan fingerprint density at radius 1 is 1.30 bits per heavy atom. The number of aromatic nitrogens is 2. The van der Waals surface area contributed by atoms with Gasteiger partial charge >= 0.3 is 7.60 Å². The maximum Gasteiger partial charge on any atom is 0.371 e. The van der Waals surface area contributed by atoms with Crippen molar-refractivity contribution < 1.29 is 13.6 Å². The first-order valence-electron chi connectivity index (χ1n) is 7.25. The molecule has 1 N–H and O–H groups in total. The molecule has 0 aliphatic rings. The number of nitrogens with one attached hydrogen (secondary N) is 1. The Labute approximate surface area is 135 Å². The third kappa shape index (κ3) is 4.17. The number of aromatic amines is 1. The number of H-pyrrole nitrogens is 1. The first kappa shape index (κ1) is 17.2. The third-order valence-corrected chi connectivity index (χ3v) is 4.96. The lowest BCUT2D eigenvalue weighted by Crippen LogP contribution is -1.97. The molecule has 0 saturated carbocycles. The van der Waals surface area contributed by atoms with Crippen LogP contribution in [0.25, 0.3) is 17.5 Å². The molecule has 2 aromatic rings. The van der Waals surface area contributed by atoms with Crippen molar-refractivity contribution in [2.45, 2.75) is 13.8 Å². The zero-order valence-corrected chi connectivity index (χ0v) is 13.9. The number of hydrogen-bond acceptors (Lipinski definition) is 5. The monoisotopic (exact) mass is 331 g/mol. The minimum Gasteiger partial charge on any atom is -0.338 e. The normalized spacial score (nSPS) is 12.1. The summed E-state index contributed by atoms with van der Waals surface area (Å²) in [6, 6.07) is 11.5. The van der Waals surface area contributed by atoms with Crippen LogP contribution in [0.1, 0.15) is 19.5 Å². The Balaban J connectivity index is 2.34. The Morgan fingerprint density at radius 3 is 2.52 bits per heavy atom. The average molecular weight is 331 g/mol. The van der Waals surface area contributed by atoms with Gasteiger partial charge in [-0.1, -0.05) is 30.3 Å². The molecule has 1 aromatic heterocycles. The summed E-state index contributed by atoms with van der Waals surface area (Å²) in [6.45, 7) is 3.78. The average Bonchev–Trinajstić information content (AvgIpc) is 3.02. The van der Waals surface area contributed by atoms with Gasteiger partial charge in [-0.2, -0.15) is 5.26 Å². The summed E-state index contributed by atoms with van der Waals surface area (Å²) in [5, 5.41) is 9.26. The van der Waals surface area contributed by atoms with Crippen LogP contribution in [0.3, 0.4) is 0 Å². The molecule has 1 heterocycles. The second-order valence-electron chi connectivity index (χ2n) is 4.53. The number of nitrogens with zero attached hydrogens (tertiary/aromatic N) is 2. The zero-order valence-electron chi connectivity index (χ0n) is 13.0. The fourth-order valence-corrected chi connectivity index (χ4v) is 3.44. The van der Waals surface area contributed by atoms with Crippen LogP contribution in [-0.2, 0) is 13.6 Å². The lowest BCUT2D eigenvalue weighted by Gasteiger charge is -2.15. The lowest BCUT2D eigenvalue weighted by atomic mass is 10.2. The molecule has 23 heavy (non-hydrogen) atoms. The van der Waals surface area contributed by atoms with Crippen LogP contribution in [0.5, 0.6) is 0 Å². The lowest BCUT2D eigenvalue weighted by molar-refractivity contribution is 0.227. The molecule has 0 bridgehead atoms. The summed E-state index contributed by atoms with van der Waals surface area (Å²) in [6.07, 6.45) is 3.02. The summed E-state index contributed by atoms with van der Waals surface area (Å²) >= 11 is 0. The van der Waals surface area contributed by atoms with Gasteiger partial charge in [-0.25, -0.2) is 4.98 Å². The standard InChI is InChI=1S/C16H18N3O3P/c1-3-21-23(20,22-4-2)15(11-17)10-14-12-18-16(19-14)13-8-6-5-7-9-13/h5-10,12H,3-4H2,1-2H3,(H,18,19). The Bertz CT molecular complexity index is 752. The van der Waals surface area contributed by atoms with Crippen LogP contribution < -0.4 is 0 Å². The van der Waals surface area contributed by atoms with E-state index in [4.69, 9.17) is 9.05 Å². The molecule has 7 heteroatoms. The van der Waals surface area contributed by atoms with E-state index in [0.29, 0.717) is 11.5 Å². The summed E-state index contributed by atoms with van der Waals surface area (Å²) in [7, 11) is -3.61. The van der Waals surface area contributed by atoms with Gasteiger partial charge in [0.1, 0.15) is 17.2 Å². The van der Waals surface area contributed by atoms with Gasteiger partial charge in [0.2, 0.25) is 0 Å². The van der Waals surface area contributed by atoms with E-state index in [-0.39, 0.29) is 18.5 Å². The Morgan fingerprint density at radius 2 is 1.96 bits per heavy atom. The molecule has 0 spiro atoms. The molecule has 1 aromatic carbocycles. The summed E-state index contributed by atoms with van der Waals surface area (Å²) in [5.41, 5.74) is 1.48. The zero-order chi connectivity index (χ0) is 16.7. The predicted octanol–water partition coefficient (Wildman–Crippen LogP) is 4.21. The van der Waals surface area contributed by atoms with Gasteiger partial charge in [0.05, 0.1) is 25.1 Å². The van der Waals surface area contributed by atoms with Crippen molar-refractivity contribution in [3.05, 3.63) is 47.5 Å². The van der Waals surface area contributed by atoms with Gasteiger partial charge < -0.3 is 14.0 Å². The first-order chi connectivity index (χ1) is 11.1. The van der Waals surface area contributed by atoms with Crippen LogP contribution in [-0.4, -0.2) is 23.2 Å². The van der Waals surface area contributed by atoms with Crippen LogP contribution >= 0.6 is 7.60 Å². The van der Waals surface area contributed by atoms with Crippen molar-refractivity contribution in [1.29, 1.82) is 5.26 Å². The summed E-state index contributed by atoms with van der Waals surface area (Å²) < 4.78 is 23.0. The first-order valence-corrected chi connectivity index (χ1v) is 8.79. The quantitative estimate of drug-likeness (QED) is 0.606. The molecular formula is C16H18N3O3P. The highest BCUT2D eigenvalue weighted by molar-refractivity contribution is 7.59. The van der Waals surface area contributed by atoms with Crippen LogP contribution in [0.2, 0.25) is 0 Å². The molecule has 0 atom stereocenters. The van der Waals surface area contributed by atoms with Crippen LogP contribution in [0, 0.1) is 11.3 Å².